The van der Waals surface area contributed by atoms with Crippen molar-refractivity contribution in [2.24, 2.45) is 0 Å². The molecule has 2 aromatic carbocycles. The van der Waals surface area contributed by atoms with Crippen LogP contribution in [0.4, 0.5) is 0 Å². The van der Waals surface area contributed by atoms with E-state index in [9.17, 15) is 4.79 Å². The molecule has 5 nitrogen and oxygen atoms in total. The number of nitrogens with one attached hydrogen (secondary N) is 1. The molecule has 1 aromatic heterocycles. The Morgan fingerprint density at radius 2 is 1.96 bits per heavy atom. The molecule has 0 saturated carbocycles. The summed E-state index contributed by atoms with van der Waals surface area (Å²) in [6, 6.07) is 15.4. The molecule has 25 heavy (non-hydrogen) atoms. The van der Waals surface area contributed by atoms with Gasteiger partial charge in [-0.3, -0.25) is 4.79 Å². The van der Waals surface area contributed by atoms with Gasteiger partial charge in [0.05, 0.1) is 10.7 Å². The summed E-state index contributed by atoms with van der Waals surface area (Å²) in [4.78, 5) is 17.8. The summed E-state index contributed by atoms with van der Waals surface area (Å²) >= 11 is 1.40. The second kappa shape index (κ2) is 6.57. The summed E-state index contributed by atoms with van der Waals surface area (Å²) < 4.78 is 10.7. The maximum atomic E-state index is 12.7. The SMILES string of the molecule is Cc1nc(-c2ccccc2)c(C(=O)NCc2ccc3c(c2)OCO3)s1. The van der Waals surface area contributed by atoms with Gasteiger partial charge >= 0.3 is 0 Å². The van der Waals surface area contributed by atoms with Crippen LogP contribution in [0, 0.1) is 6.92 Å². The molecular weight excluding hydrogens is 336 g/mol. The molecule has 2 heterocycles. The maximum Gasteiger partial charge on any atom is 0.263 e. The Balaban J connectivity index is 1.52. The van der Waals surface area contributed by atoms with Crippen LogP contribution in [0.1, 0.15) is 20.2 Å². The Bertz CT molecular complexity index is 922. The number of carbonyl (C=O) groups excluding carboxylic acids is 1. The van der Waals surface area contributed by atoms with Gasteiger partial charge in [-0.05, 0) is 24.6 Å². The minimum atomic E-state index is -0.123. The number of aryl methyl sites for hydroxylation is 1. The molecule has 0 aliphatic carbocycles. The van der Waals surface area contributed by atoms with E-state index in [0.717, 1.165) is 27.6 Å². The molecule has 0 spiro atoms. The molecule has 0 atom stereocenters. The van der Waals surface area contributed by atoms with Crippen LogP contribution in [0.25, 0.3) is 11.3 Å². The first-order chi connectivity index (χ1) is 12.2. The molecule has 1 N–H and O–H groups in total. The number of amides is 1. The van der Waals surface area contributed by atoms with Crippen molar-refractivity contribution in [2.45, 2.75) is 13.5 Å². The van der Waals surface area contributed by atoms with Crippen LogP contribution in [-0.2, 0) is 6.54 Å². The van der Waals surface area contributed by atoms with E-state index in [1.165, 1.54) is 11.3 Å². The largest absolute Gasteiger partial charge is 0.454 e. The molecule has 0 fully saturated rings. The number of hydrogen-bond acceptors (Lipinski definition) is 5. The fourth-order valence-corrected chi connectivity index (χ4v) is 3.54. The van der Waals surface area contributed by atoms with Gasteiger partial charge in [-0.2, -0.15) is 0 Å². The molecule has 0 bridgehead atoms. The Kier molecular flexibility index (Phi) is 4.11. The molecule has 3 aromatic rings. The normalized spacial score (nSPS) is 12.2. The van der Waals surface area contributed by atoms with Crippen LogP contribution >= 0.6 is 11.3 Å². The van der Waals surface area contributed by atoms with Crippen molar-refractivity contribution in [2.75, 3.05) is 6.79 Å². The number of fused-ring (bicyclic) bond motifs is 1. The average molecular weight is 352 g/mol. The highest BCUT2D eigenvalue weighted by atomic mass is 32.1. The van der Waals surface area contributed by atoms with Gasteiger partial charge in [0, 0.05) is 12.1 Å². The Morgan fingerprint density at radius 3 is 2.80 bits per heavy atom. The van der Waals surface area contributed by atoms with Crippen LogP contribution < -0.4 is 14.8 Å². The van der Waals surface area contributed by atoms with Crippen LogP contribution in [0.5, 0.6) is 11.5 Å². The van der Waals surface area contributed by atoms with Gasteiger partial charge in [-0.25, -0.2) is 4.98 Å². The van der Waals surface area contributed by atoms with Crippen molar-refractivity contribution < 1.29 is 14.3 Å². The number of carbonyl (C=O) groups is 1. The molecule has 1 aliphatic rings. The summed E-state index contributed by atoms with van der Waals surface area (Å²) in [5, 5.41) is 3.83. The molecule has 4 rings (SSSR count). The number of hydrogen-bond donors (Lipinski definition) is 1. The van der Waals surface area contributed by atoms with Crippen molar-refractivity contribution in [1.82, 2.24) is 10.3 Å². The smallest absolute Gasteiger partial charge is 0.263 e. The first-order valence-corrected chi connectivity index (χ1v) is 8.72. The fraction of sp³-hybridized carbons (Fsp3) is 0.158. The molecule has 1 aliphatic heterocycles. The maximum absolute atomic E-state index is 12.7. The summed E-state index contributed by atoms with van der Waals surface area (Å²) in [6.45, 7) is 2.57. The molecule has 0 radical (unpaired) electrons. The van der Waals surface area contributed by atoms with Crippen LogP contribution in [0.3, 0.4) is 0 Å². The lowest BCUT2D eigenvalue weighted by Gasteiger charge is -2.06. The van der Waals surface area contributed by atoms with Gasteiger partial charge in [0.25, 0.3) is 5.91 Å². The first-order valence-electron chi connectivity index (χ1n) is 7.90. The van der Waals surface area contributed by atoms with Gasteiger partial charge in [-0.15, -0.1) is 11.3 Å². The number of benzene rings is 2. The minimum Gasteiger partial charge on any atom is -0.454 e. The Hall–Kier alpha value is -2.86. The van der Waals surface area contributed by atoms with Crippen molar-refractivity contribution in [3.8, 4) is 22.8 Å². The molecule has 0 saturated heterocycles. The zero-order valence-electron chi connectivity index (χ0n) is 13.6. The predicted octanol–water partition coefficient (Wildman–Crippen LogP) is 3.78. The fourth-order valence-electron chi connectivity index (χ4n) is 2.69. The van der Waals surface area contributed by atoms with Crippen LogP contribution in [0.15, 0.2) is 48.5 Å². The third-order valence-electron chi connectivity index (χ3n) is 3.88. The highest BCUT2D eigenvalue weighted by Gasteiger charge is 2.18. The highest BCUT2D eigenvalue weighted by Crippen LogP contribution is 2.32. The monoisotopic (exact) mass is 352 g/mol. The van der Waals surface area contributed by atoms with E-state index in [-0.39, 0.29) is 12.7 Å². The molecule has 1 amide bonds. The summed E-state index contributed by atoms with van der Waals surface area (Å²) in [5.41, 5.74) is 2.63. The summed E-state index contributed by atoms with van der Waals surface area (Å²) in [6.07, 6.45) is 0. The molecular formula is C19H16N2O3S. The lowest BCUT2D eigenvalue weighted by molar-refractivity contribution is 0.0955. The van der Waals surface area contributed by atoms with Crippen molar-refractivity contribution in [1.29, 1.82) is 0 Å². The predicted molar refractivity (Wildman–Crippen MR) is 96.0 cm³/mol. The third-order valence-corrected chi connectivity index (χ3v) is 4.85. The highest BCUT2D eigenvalue weighted by molar-refractivity contribution is 7.14. The number of thiazole rings is 1. The van der Waals surface area contributed by atoms with E-state index in [1.54, 1.807) is 0 Å². The number of aromatic nitrogens is 1. The molecule has 126 valence electrons. The van der Waals surface area contributed by atoms with E-state index in [0.29, 0.717) is 17.2 Å². The minimum absolute atomic E-state index is 0.123. The molecule has 0 unspecified atom stereocenters. The number of ether oxygens (including phenoxy) is 2. The molecule has 6 heteroatoms. The summed E-state index contributed by atoms with van der Waals surface area (Å²) in [5.74, 6) is 1.33. The van der Waals surface area contributed by atoms with E-state index < -0.39 is 0 Å². The quantitative estimate of drug-likeness (QED) is 0.776. The zero-order valence-corrected chi connectivity index (χ0v) is 14.4. The van der Waals surface area contributed by atoms with Gasteiger partial charge in [-0.1, -0.05) is 36.4 Å². The van der Waals surface area contributed by atoms with Crippen molar-refractivity contribution >= 4 is 17.2 Å². The standard InChI is InChI=1S/C19H16N2O3S/c1-12-21-17(14-5-3-2-4-6-14)18(25-12)19(22)20-10-13-7-8-15-16(9-13)24-11-23-15/h2-9H,10-11H2,1H3,(H,20,22). The topological polar surface area (TPSA) is 60.5 Å². The summed E-state index contributed by atoms with van der Waals surface area (Å²) in [7, 11) is 0. The van der Waals surface area contributed by atoms with Crippen LogP contribution in [-0.4, -0.2) is 17.7 Å². The van der Waals surface area contributed by atoms with E-state index in [1.807, 2.05) is 55.5 Å². The van der Waals surface area contributed by atoms with E-state index in [4.69, 9.17) is 9.47 Å². The van der Waals surface area contributed by atoms with Gasteiger partial charge in [0.15, 0.2) is 11.5 Å². The lowest BCUT2D eigenvalue weighted by atomic mass is 10.1. The average Bonchev–Trinajstić information content (AvgIpc) is 3.26. The van der Waals surface area contributed by atoms with Gasteiger partial charge in [0.1, 0.15) is 4.88 Å². The second-order valence-corrected chi connectivity index (χ2v) is 6.85. The second-order valence-electron chi connectivity index (χ2n) is 5.65. The number of rotatable bonds is 4. The van der Waals surface area contributed by atoms with Crippen molar-refractivity contribution in [3.05, 3.63) is 64.0 Å². The first kappa shape index (κ1) is 15.7. The van der Waals surface area contributed by atoms with Crippen molar-refractivity contribution in [3.63, 3.8) is 0 Å². The number of nitrogens with zero attached hydrogens (tertiary/aromatic N) is 1. The Labute approximate surface area is 149 Å². The van der Waals surface area contributed by atoms with Crippen LogP contribution in [0.2, 0.25) is 0 Å². The zero-order chi connectivity index (χ0) is 17.2. The third kappa shape index (κ3) is 3.21. The Morgan fingerprint density at radius 1 is 1.16 bits per heavy atom. The lowest BCUT2D eigenvalue weighted by Crippen LogP contribution is -2.22. The van der Waals surface area contributed by atoms with Gasteiger partial charge < -0.3 is 14.8 Å². The van der Waals surface area contributed by atoms with E-state index in [2.05, 4.69) is 10.3 Å². The van der Waals surface area contributed by atoms with Gasteiger partial charge in [0.2, 0.25) is 6.79 Å². The van der Waals surface area contributed by atoms with E-state index >= 15 is 0 Å².